The molecule has 94 valence electrons. The van der Waals surface area contributed by atoms with Crippen molar-refractivity contribution in [1.82, 2.24) is 0 Å². The van der Waals surface area contributed by atoms with Gasteiger partial charge in [0.25, 0.3) is 0 Å². The Kier molecular flexibility index (Phi) is 4.79. The molecule has 0 atom stereocenters. The number of halogens is 4. The van der Waals surface area contributed by atoms with E-state index in [1.165, 1.54) is 0 Å². The molecule has 0 heterocycles. The summed E-state index contributed by atoms with van der Waals surface area (Å²) in [4.78, 5) is 0. The molecule has 2 aromatic rings. The van der Waals surface area contributed by atoms with Gasteiger partial charge in [0.05, 0.1) is 15.7 Å². The number of anilines is 1. The summed E-state index contributed by atoms with van der Waals surface area (Å²) in [5.74, 6) is 0. The highest BCUT2D eigenvalue weighted by Crippen LogP contribution is 2.33. The molecule has 0 spiro atoms. The van der Waals surface area contributed by atoms with E-state index in [1.807, 2.05) is 24.3 Å². The molecule has 5 heteroatoms. The molecule has 18 heavy (non-hydrogen) atoms. The van der Waals surface area contributed by atoms with E-state index in [1.54, 1.807) is 12.1 Å². The highest BCUT2D eigenvalue weighted by Gasteiger charge is 2.07. The average molecular weight is 365 g/mol. The number of hydrogen-bond acceptors (Lipinski definition) is 1. The van der Waals surface area contributed by atoms with Crippen molar-refractivity contribution < 1.29 is 0 Å². The molecule has 0 aliphatic carbocycles. The molecule has 0 unspecified atom stereocenters. The van der Waals surface area contributed by atoms with Crippen LogP contribution in [0.5, 0.6) is 0 Å². The minimum Gasteiger partial charge on any atom is -0.379 e. The Labute approximate surface area is 129 Å². The van der Waals surface area contributed by atoms with Crippen molar-refractivity contribution in [3.8, 4) is 0 Å². The van der Waals surface area contributed by atoms with Crippen LogP contribution in [0.25, 0.3) is 0 Å². The van der Waals surface area contributed by atoms with Crippen LogP contribution in [-0.2, 0) is 6.54 Å². The fourth-order valence-corrected chi connectivity index (χ4v) is 2.95. The summed E-state index contributed by atoms with van der Waals surface area (Å²) in [7, 11) is 0. The van der Waals surface area contributed by atoms with Crippen LogP contribution in [0.1, 0.15) is 5.56 Å². The van der Waals surface area contributed by atoms with E-state index in [9.17, 15) is 0 Å². The third kappa shape index (κ3) is 3.55. The fourth-order valence-electron chi connectivity index (χ4n) is 1.55. The van der Waals surface area contributed by atoms with E-state index < -0.39 is 0 Å². The number of benzene rings is 2. The second-order valence-corrected chi connectivity index (χ2v) is 5.89. The Balaban J connectivity index is 2.16. The van der Waals surface area contributed by atoms with Crippen LogP contribution < -0.4 is 5.32 Å². The molecule has 1 nitrogen and oxygen atoms in total. The monoisotopic (exact) mass is 363 g/mol. The quantitative estimate of drug-likeness (QED) is 0.701. The van der Waals surface area contributed by atoms with Crippen LogP contribution in [-0.4, -0.2) is 0 Å². The van der Waals surface area contributed by atoms with Crippen molar-refractivity contribution in [3.05, 3.63) is 61.5 Å². The van der Waals surface area contributed by atoms with Crippen LogP contribution >= 0.6 is 50.7 Å². The average Bonchev–Trinajstić information content (AvgIpc) is 2.27. The third-order valence-electron chi connectivity index (χ3n) is 2.37. The van der Waals surface area contributed by atoms with Gasteiger partial charge in [0.2, 0.25) is 0 Å². The zero-order valence-electron chi connectivity index (χ0n) is 9.18. The van der Waals surface area contributed by atoms with Crippen LogP contribution in [0.2, 0.25) is 15.1 Å². The minimum atomic E-state index is 0.516. The lowest BCUT2D eigenvalue weighted by Gasteiger charge is -2.11. The standard InChI is InChI=1S/C13H9BrCl3N/c14-9-3-1-2-8(4-9)7-18-13-11(16)5-10(15)6-12(13)17/h1-6,18H,7H2. The van der Waals surface area contributed by atoms with Gasteiger partial charge in [-0.05, 0) is 29.8 Å². The zero-order valence-corrected chi connectivity index (χ0v) is 13.0. The van der Waals surface area contributed by atoms with E-state index in [0.29, 0.717) is 27.3 Å². The summed E-state index contributed by atoms with van der Waals surface area (Å²) in [6, 6.07) is 11.3. The molecule has 0 fully saturated rings. The molecule has 0 saturated carbocycles. The van der Waals surface area contributed by atoms with Crippen molar-refractivity contribution in [2.75, 3.05) is 5.32 Å². The number of hydrogen-bond donors (Lipinski definition) is 1. The SMILES string of the molecule is Clc1cc(Cl)c(NCc2cccc(Br)c2)c(Cl)c1. The molecular weight excluding hydrogens is 356 g/mol. The van der Waals surface area contributed by atoms with E-state index in [0.717, 1.165) is 10.0 Å². The first kappa shape index (κ1) is 14.0. The first-order chi connectivity index (χ1) is 8.56. The molecule has 2 aromatic carbocycles. The van der Waals surface area contributed by atoms with Crippen molar-refractivity contribution in [2.45, 2.75) is 6.54 Å². The topological polar surface area (TPSA) is 12.0 Å². The Morgan fingerprint density at radius 1 is 1.00 bits per heavy atom. The Bertz CT molecular complexity index is 549. The van der Waals surface area contributed by atoms with Crippen molar-refractivity contribution in [1.29, 1.82) is 0 Å². The molecule has 0 bridgehead atoms. The predicted molar refractivity (Wildman–Crippen MR) is 82.9 cm³/mol. The smallest absolute Gasteiger partial charge is 0.0722 e. The Hall–Kier alpha value is -0.410. The van der Waals surface area contributed by atoms with E-state index in [2.05, 4.69) is 21.2 Å². The summed E-state index contributed by atoms with van der Waals surface area (Å²) >= 11 is 21.5. The fraction of sp³-hybridized carbons (Fsp3) is 0.0769. The maximum atomic E-state index is 6.09. The first-order valence-corrected chi connectivity index (χ1v) is 7.12. The number of nitrogens with one attached hydrogen (secondary N) is 1. The van der Waals surface area contributed by atoms with Gasteiger partial charge in [-0.3, -0.25) is 0 Å². The van der Waals surface area contributed by atoms with Crippen LogP contribution in [0.3, 0.4) is 0 Å². The molecule has 0 aromatic heterocycles. The molecule has 0 aliphatic heterocycles. The van der Waals surface area contributed by atoms with Crippen LogP contribution in [0, 0.1) is 0 Å². The van der Waals surface area contributed by atoms with Crippen LogP contribution in [0.4, 0.5) is 5.69 Å². The van der Waals surface area contributed by atoms with Gasteiger partial charge in [-0.1, -0.05) is 62.9 Å². The lowest BCUT2D eigenvalue weighted by Crippen LogP contribution is -2.00. The minimum absolute atomic E-state index is 0.516. The van der Waals surface area contributed by atoms with Crippen molar-refractivity contribution in [2.24, 2.45) is 0 Å². The summed E-state index contributed by atoms with van der Waals surface area (Å²) in [5.41, 5.74) is 1.83. The van der Waals surface area contributed by atoms with Gasteiger partial charge in [-0.15, -0.1) is 0 Å². The summed E-state index contributed by atoms with van der Waals surface area (Å²) < 4.78 is 1.04. The molecule has 0 radical (unpaired) electrons. The highest BCUT2D eigenvalue weighted by atomic mass is 79.9. The normalized spacial score (nSPS) is 10.4. The predicted octanol–water partition coefficient (Wildman–Crippen LogP) is 6.02. The van der Waals surface area contributed by atoms with Gasteiger partial charge in [0.1, 0.15) is 0 Å². The van der Waals surface area contributed by atoms with Crippen molar-refractivity contribution >= 4 is 56.4 Å². The van der Waals surface area contributed by atoms with Gasteiger partial charge < -0.3 is 5.32 Å². The molecule has 2 rings (SSSR count). The second kappa shape index (κ2) is 6.16. The summed E-state index contributed by atoms with van der Waals surface area (Å²) in [5, 5.41) is 4.77. The highest BCUT2D eigenvalue weighted by molar-refractivity contribution is 9.10. The van der Waals surface area contributed by atoms with Gasteiger partial charge in [0, 0.05) is 16.0 Å². The largest absolute Gasteiger partial charge is 0.379 e. The zero-order chi connectivity index (χ0) is 13.1. The molecular formula is C13H9BrCl3N. The lowest BCUT2D eigenvalue weighted by molar-refractivity contribution is 1.15. The second-order valence-electron chi connectivity index (χ2n) is 3.73. The molecule has 0 saturated heterocycles. The van der Waals surface area contributed by atoms with Gasteiger partial charge in [0.15, 0.2) is 0 Å². The van der Waals surface area contributed by atoms with E-state index in [-0.39, 0.29) is 0 Å². The summed E-state index contributed by atoms with van der Waals surface area (Å²) in [6.07, 6.45) is 0. The molecule has 0 amide bonds. The maximum absolute atomic E-state index is 6.09. The summed E-state index contributed by atoms with van der Waals surface area (Å²) in [6.45, 7) is 0.639. The van der Waals surface area contributed by atoms with Gasteiger partial charge in [-0.2, -0.15) is 0 Å². The molecule has 0 aliphatic rings. The van der Waals surface area contributed by atoms with E-state index in [4.69, 9.17) is 34.8 Å². The van der Waals surface area contributed by atoms with Crippen molar-refractivity contribution in [3.63, 3.8) is 0 Å². The Morgan fingerprint density at radius 2 is 1.67 bits per heavy atom. The molecule has 1 N–H and O–H groups in total. The maximum Gasteiger partial charge on any atom is 0.0722 e. The van der Waals surface area contributed by atoms with Gasteiger partial charge >= 0.3 is 0 Å². The first-order valence-electron chi connectivity index (χ1n) is 5.19. The van der Waals surface area contributed by atoms with E-state index >= 15 is 0 Å². The Morgan fingerprint density at radius 3 is 2.28 bits per heavy atom. The van der Waals surface area contributed by atoms with Gasteiger partial charge in [-0.25, -0.2) is 0 Å². The third-order valence-corrected chi connectivity index (χ3v) is 3.67. The number of rotatable bonds is 3. The lowest BCUT2D eigenvalue weighted by atomic mass is 10.2. The van der Waals surface area contributed by atoms with Crippen LogP contribution in [0.15, 0.2) is 40.9 Å².